The maximum Gasteiger partial charge on any atom is 0.309 e. The van der Waals surface area contributed by atoms with Gasteiger partial charge >= 0.3 is 5.97 Å². The molecule has 3 aromatic rings. The highest BCUT2D eigenvalue weighted by molar-refractivity contribution is 7.16. The zero-order chi connectivity index (χ0) is 24.1. The van der Waals surface area contributed by atoms with Crippen LogP contribution in [-0.4, -0.2) is 36.5 Å². The third-order valence-electron chi connectivity index (χ3n) is 6.13. The quantitative estimate of drug-likeness (QED) is 0.418. The Morgan fingerprint density at radius 1 is 1.21 bits per heavy atom. The van der Waals surface area contributed by atoms with Crippen molar-refractivity contribution in [2.45, 2.75) is 39.2 Å². The molecule has 0 aliphatic carbocycles. The Balaban J connectivity index is 1.66. The van der Waals surface area contributed by atoms with Crippen LogP contribution in [0.2, 0.25) is 0 Å². The average molecular weight is 485 g/mol. The summed E-state index contributed by atoms with van der Waals surface area (Å²) in [4.78, 5) is 28.5. The van der Waals surface area contributed by atoms with Gasteiger partial charge in [0.25, 0.3) is 5.91 Å². The van der Waals surface area contributed by atoms with E-state index in [1.165, 1.54) is 29.7 Å². The number of rotatable bonds is 8. The first-order valence-electron chi connectivity index (χ1n) is 11.6. The standard InChI is InChI=1S/C26H29FN2O4S/c1-3-20-16-21(25(34-20)28-24(30)22-6-5-15-33-22)23(17-7-9-19(27)10-8-17)29-13-11-18(12-14-29)26(31)32-4-2/h5-10,15-16,18,23H,3-4,11-14H2,1-2H3,(H,28,30)/t23-/m0/s1. The molecule has 1 fully saturated rings. The van der Waals surface area contributed by atoms with Crippen LogP contribution in [0.4, 0.5) is 9.39 Å². The number of nitrogens with one attached hydrogen (secondary N) is 1. The van der Waals surface area contributed by atoms with Gasteiger partial charge in [0.2, 0.25) is 0 Å². The summed E-state index contributed by atoms with van der Waals surface area (Å²) < 4.78 is 24.2. The predicted molar refractivity (Wildman–Crippen MR) is 130 cm³/mol. The lowest BCUT2D eigenvalue weighted by Gasteiger charge is -2.37. The molecule has 0 saturated carbocycles. The molecular weight excluding hydrogens is 455 g/mol. The van der Waals surface area contributed by atoms with E-state index in [1.807, 2.05) is 6.92 Å². The number of likely N-dealkylation sites (tertiary alicyclic amines) is 1. The number of hydrogen-bond acceptors (Lipinski definition) is 6. The zero-order valence-electron chi connectivity index (χ0n) is 19.4. The predicted octanol–water partition coefficient (Wildman–Crippen LogP) is 5.66. The van der Waals surface area contributed by atoms with Crippen LogP contribution in [0.5, 0.6) is 0 Å². The Morgan fingerprint density at radius 3 is 2.56 bits per heavy atom. The molecular formula is C26H29FN2O4S. The number of piperidine rings is 1. The lowest BCUT2D eigenvalue weighted by atomic mass is 9.91. The number of carbonyl (C=O) groups excluding carboxylic acids is 2. The maximum absolute atomic E-state index is 13.7. The Bertz CT molecular complexity index is 1100. The van der Waals surface area contributed by atoms with Crippen LogP contribution in [0.15, 0.2) is 53.1 Å². The smallest absolute Gasteiger partial charge is 0.309 e. The van der Waals surface area contributed by atoms with E-state index in [4.69, 9.17) is 9.15 Å². The summed E-state index contributed by atoms with van der Waals surface area (Å²) in [7, 11) is 0. The van der Waals surface area contributed by atoms with E-state index in [1.54, 1.807) is 24.3 Å². The van der Waals surface area contributed by atoms with Crippen LogP contribution in [0, 0.1) is 11.7 Å². The van der Waals surface area contributed by atoms with Crippen molar-refractivity contribution in [3.8, 4) is 0 Å². The first kappa shape index (κ1) is 24.2. The summed E-state index contributed by atoms with van der Waals surface area (Å²) in [6, 6.07) is 11.7. The van der Waals surface area contributed by atoms with Crippen molar-refractivity contribution in [1.29, 1.82) is 0 Å². The first-order chi connectivity index (χ1) is 16.5. The van der Waals surface area contributed by atoms with E-state index in [0.717, 1.165) is 27.4 Å². The third kappa shape index (κ3) is 5.39. The molecule has 8 heteroatoms. The molecule has 6 nitrogen and oxygen atoms in total. The highest BCUT2D eigenvalue weighted by Gasteiger charge is 2.33. The molecule has 4 rings (SSSR count). The SMILES string of the molecule is CCOC(=O)C1CCN([C@@H](c2ccc(F)cc2)c2cc(CC)sc2NC(=O)c2ccco2)CC1. The fourth-order valence-corrected chi connectivity index (χ4v) is 5.42. The number of amides is 1. The van der Waals surface area contributed by atoms with Crippen molar-refractivity contribution in [2.75, 3.05) is 25.0 Å². The molecule has 2 aromatic heterocycles. The second-order valence-electron chi connectivity index (χ2n) is 8.30. The molecule has 1 N–H and O–H groups in total. The number of furan rings is 1. The van der Waals surface area contributed by atoms with Crippen molar-refractivity contribution in [3.05, 3.63) is 76.3 Å². The number of esters is 1. The number of thiophene rings is 1. The highest BCUT2D eigenvalue weighted by Crippen LogP contribution is 2.41. The summed E-state index contributed by atoms with van der Waals surface area (Å²) in [5.41, 5.74) is 1.90. The van der Waals surface area contributed by atoms with Gasteiger partial charge in [-0.1, -0.05) is 19.1 Å². The van der Waals surface area contributed by atoms with Crippen LogP contribution in [0.3, 0.4) is 0 Å². The van der Waals surface area contributed by atoms with E-state index in [0.29, 0.717) is 32.5 Å². The van der Waals surface area contributed by atoms with Gasteiger partial charge in [-0.05, 0) is 75.2 Å². The van der Waals surface area contributed by atoms with Crippen molar-refractivity contribution >= 4 is 28.2 Å². The molecule has 1 saturated heterocycles. The van der Waals surface area contributed by atoms with Gasteiger partial charge in [0.1, 0.15) is 10.8 Å². The van der Waals surface area contributed by atoms with Crippen LogP contribution in [0.1, 0.15) is 59.3 Å². The number of nitrogens with zero attached hydrogens (tertiary/aromatic N) is 1. The molecule has 1 aliphatic rings. The first-order valence-corrected chi connectivity index (χ1v) is 12.4. The lowest BCUT2D eigenvalue weighted by molar-refractivity contribution is -0.149. The topological polar surface area (TPSA) is 71.8 Å². The molecule has 3 heterocycles. The van der Waals surface area contributed by atoms with Crippen molar-refractivity contribution < 1.29 is 23.1 Å². The molecule has 0 unspecified atom stereocenters. The number of benzene rings is 1. The minimum atomic E-state index is -0.311. The highest BCUT2D eigenvalue weighted by atomic mass is 32.1. The Morgan fingerprint density at radius 2 is 1.94 bits per heavy atom. The van der Waals surface area contributed by atoms with E-state index in [9.17, 15) is 14.0 Å². The van der Waals surface area contributed by atoms with Gasteiger partial charge in [-0.2, -0.15) is 0 Å². The molecule has 34 heavy (non-hydrogen) atoms. The van der Waals surface area contributed by atoms with Crippen molar-refractivity contribution in [1.82, 2.24) is 4.90 Å². The molecule has 0 bridgehead atoms. The maximum atomic E-state index is 13.7. The zero-order valence-corrected chi connectivity index (χ0v) is 20.2. The largest absolute Gasteiger partial charge is 0.466 e. The molecule has 1 atom stereocenters. The Hall–Kier alpha value is -2.97. The number of carbonyl (C=O) groups is 2. The minimum Gasteiger partial charge on any atom is -0.466 e. The van der Waals surface area contributed by atoms with E-state index < -0.39 is 0 Å². The Labute approximate surface area is 202 Å². The van der Waals surface area contributed by atoms with Gasteiger partial charge in [-0.25, -0.2) is 4.39 Å². The fourth-order valence-electron chi connectivity index (χ4n) is 4.39. The van der Waals surface area contributed by atoms with Crippen LogP contribution < -0.4 is 5.32 Å². The normalized spacial score (nSPS) is 15.7. The fraction of sp³-hybridized carbons (Fsp3) is 0.385. The minimum absolute atomic E-state index is 0.114. The van der Waals surface area contributed by atoms with Crippen LogP contribution in [0.25, 0.3) is 0 Å². The summed E-state index contributed by atoms with van der Waals surface area (Å²) in [5, 5.41) is 3.77. The van der Waals surface area contributed by atoms with E-state index in [-0.39, 0.29) is 35.4 Å². The van der Waals surface area contributed by atoms with Gasteiger partial charge in [0.05, 0.1) is 24.8 Å². The monoisotopic (exact) mass is 484 g/mol. The molecule has 1 aliphatic heterocycles. The number of ether oxygens (including phenoxy) is 1. The van der Waals surface area contributed by atoms with Gasteiger partial charge in [-0.3, -0.25) is 14.5 Å². The molecule has 1 amide bonds. The number of halogens is 1. The van der Waals surface area contributed by atoms with E-state index >= 15 is 0 Å². The summed E-state index contributed by atoms with van der Waals surface area (Å²) in [6.07, 6.45) is 3.68. The average Bonchev–Trinajstić information content (AvgIpc) is 3.52. The van der Waals surface area contributed by atoms with Crippen molar-refractivity contribution in [3.63, 3.8) is 0 Å². The molecule has 0 radical (unpaired) electrons. The van der Waals surface area contributed by atoms with Gasteiger partial charge in [0.15, 0.2) is 5.76 Å². The second-order valence-corrected chi connectivity index (χ2v) is 9.44. The Kier molecular flexibility index (Phi) is 7.80. The van der Waals surface area contributed by atoms with Crippen molar-refractivity contribution in [2.24, 2.45) is 5.92 Å². The molecule has 0 spiro atoms. The second kappa shape index (κ2) is 11.0. The van der Waals surface area contributed by atoms with Gasteiger partial charge in [-0.15, -0.1) is 11.3 Å². The lowest BCUT2D eigenvalue weighted by Crippen LogP contribution is -2.39. The number of aryl methyl sites for hydroxylation is 1. The molecule has 1 aromatic carbocycles. The summed E-state index contributed by atoms with van der Waals surface area (Å²) in [5.74, 6) is -0.623. The summed E-state index contributed by atoms with van der Waals surface area (Å²) in [6.45, 7) is 5.65. The third-order valence-corrected chi connectivity index (χ3v) is 7.34. The van der Waals surface area contributed by atoms with Gasteiger partial charge < -0.3 is 14.5 Å². The molecule has 180 valence electrons. The number of anilines is 1. The number of hydrogen-bond donors (Lipinski definition) is 1. The van der Waals surface area contributed by atoms with Crippen LogP contribution in [-0.2, 0) is 16.0 Å². The van der Waals surface area contributed by atoms with E-state index in [2.05, 4.69) is 23.2 Å². The van der Waals surface area contributed by atoms with Crippen LogP contribution >= 0.6 is 11.3 Å². The summed E-state index contributed by atoms with van der Waals surface area (Å²) >= 11 is 1.54. The van der Waals surface area contributed by atoms with Gasteiger partial charge in [0, 0.05) is 10.4 Å².